The highest BCUT2D eigenvalue weighted by Gasteiger charge is 2.30. The number of carboxylic acid groups (broad SMARTS) is 1. The molecule has 2 saturated heterocycles. The van der Waals surface area contributed by atoms with Crippen LogP contribution in [0.2, 0.25) is 0 Å². The van der Waals surface area contributed by atoms with E-state index in [2.05, 4.69) is 20.2 Å². The van der Waals surface area contributed by atoms with E-state index >= 15 is 0 Å². The van der Waals surface area contributed by atoms with Gasteiger partial charge in [0, 0.05) is 31.2 Å². The fraction of sp³-hybridized carbons (Fsp3) is 0.526. The van der Waals surface area contributed by atoms with Crippen molar-refractivity contribution >= 4 is 40.9 Å². The third kappa shape index (κ3) is 5.26. The maximum Gasteiger partial charge on any atom is 0.407 e. The molecule has 0 unspecified atom stereocenters. The molecule has 3 rings (SSSR count). The lowest BCUT2D eigenvalue weighted by Gasteiger charge is -2.39. The first-order valence-corrected chi connectivity index (χ1v) is 10.3. The molecule has 2 aliphatic heterocycles. The number of carbonyl (C=O) groups is 3. The highest BCUT2D eigenvalue weighted by atomic mass is 32.2. The first-order chi connectivity index (χ1) is 13.6. The van der Waals surface area contributed by atoms with Crippen LogP contribution in [0.5, 0.6) is 0 Å². The minimum Gasteiger partial charge on any atom is -0.465 e. The highest BCUT2D eigenvalue weighted by Crippen LogP contribution is 2.27. The van der Waals surface area contributed by atoms with Crippen LogP contribution in [0.4, 0.5) is 15.4 Å². The van der Waals surface area contributed by atoms with E-state index in [1.165, 1.54) is 11.2 Å². The Hall–Kier alpha value is -2.62. The van der Waals surface area contributed by atoms with Gasteiger partial charge in [0.25, 0.3) is 11.1 Å². The highest BCUT2D eigenvalue weighted by molar-refractivity contribution is 8.18. The van der Waals surface area contributed by atoms with Crippen LogP contribution in [0.1, 0.15) is 39.3 Å². The molecule has 0 saturated carbocycles. The molecule has 156 valence electrons. The maximum atomic E-state index is 11.7. The van der Waals surface area contributed by atoms with Crippen molar-refractivity contribution in [3.8, 4) is 0 Å². The predicted octanol–water partition coefficient (Wildman–Crippen LogP) is 2.80. The van der Waals surface area contributed by atoms with Gasteiger partial charge in [-0.2, -0.15) is 0 Å². The third-order valence-corrected chi connectivity index (χ3v) is 5.83. The van der Waals surface area contributed by atoms with Crippen LogP contribution in [0, 0.1) is 5.92 Å². The Morgan fingerprint density at radius 3 is 2.59 bits per heavy atom. The number of amides is 3. The fourth-order valence-electron chi connectivity index (χ4n) is 3.41. The predicted molar refractivity (Wildman–Crippen MR) is 111 cm³/mol. The number of aromatic nitrogens is 2. The molecule has 0 bridgehead atoms. The molecule has 0 aromatic carbocycles. The van der Waals surface area contributed by atoms with Crippen molar-refractivity contribution in [2.24, 2.45) is 5.92 Å². The lowest BCUT2D eigenvalue weighted by atomic mass is 9.94. The third-order valence-electron chi connectivity index (χ3n) is 5.01. The molecule has 1 aromatic heterocycles. The zero-order valence-corrected chi connectivity index (χ0v) is 17.5. The number of hydrogen-bond acceptors (Lipinski definition) is 7. The molecule has 0 aliphatic carbocycles. The van der Waals surface area contributed by atoms with E-state index in [-0.39, 0.29) is 5.24 Å². The van der Waals surface area contributed by atoms with Gasteiger partial charge < -0.3 is 14.9 Å². The first-order valence-electron chi connectivity index (χ1n) is 9.46. The van der Waals surface area contributed by atoms with Crippen molar-refractivity contribution in [2.75, 3.05) is 24.5 Å². The zero-order chi connectivity index (χ0) is 21.2. The summed E-state index contributed by atoms with van der Waals surface area (Å²) in [6, 6.07) is 1.79. The molecule has 0 atom stereocenters. The van der Waals surface area contributed by atoms with Gasteiger partial charge in [0.2, 0.25) is 0 Å². The van der Waals surface area contributed by atoms with Gasteiger partial charge in [-0.05, 0) is 57.4 Å². The molecule has 3 amide bonds. The number of hydrogen-bond donors (Lipinski definition) is 2. The molecule has 2 aliphatic rings. The van der Waals surface area contributed by atoms with Crippen LogP contribution >= 0.6 is 11.8 Å². The summed E-state index contributed by atoms with van der Waals surface area (Å²) in [4.78, 5) is 47.0. The quantitative estimate of drug-likeness (QED) is 0.716. The molecule has 10 heteroatoms. The normalized spacial score (nSPS) is 19.6. The summed E-state index contributed by atoms with van der Waals surface area (Å²) in [5, 5.41) is 11.3. The lowest BCUT2D eigenvalue weighted by Crippen LogP contribution is -2.49. The van der Waals surface area contributed by atoms with Crippen molar-refractivity contribution < 1.29 is 19.5 Å². The minimum absolute atomic E-state index is 0.301. The van der Waals surface area contributed by atoms with Gasteiger partial charge in [0.15, 0.2) is 0 Å². The standard InChI is InChI=1S/C19H25N5O4S/c1-19(2,3)24(18(27)28)10-12-4-6-23(7-5-12)15-9-13(20-11-21-15)8-14-16(25)22-17(26)29-14/h8-9,11-12H,4-7,10H2,1-3H3,(H,27,28)(H,22,25,26). The second-order valence-electron chi connectivity index (χ2n) is 8.15. The molecule has 9 nitrogen and oxygen atoms in total. The molecular weight excluding hydrogens is 394 g/mol. The topological polar surface area (TPSA) is 116 Å². The number of anilines is 1. The van der Waals surface area contributed by atoms with Crippen LogP contribution in [0.15, 0.2) is 17.3 Å². The fourth-order valence-corrected chi connectivity index (χ4v) is 4.08. The van der Waals surface area contributed by atoms with Gasteiger partial charge in [-0.1, -0.05) is 0 Å². The Kier molecular flexibility index (Phi) is 6.11. The lowest BCUT2D eigenvalue weighted by molar-refractivity contribution is -0.115. The summed E-state index contributed by atoms with van der Waals surface area (Å²) in [6.45, 7) is 7.77. The average Bonchev–Trinajstić information content (AvgIpc) is 2.96. The number of nitrogens with zero attached hydrogens (tertiary/aromatic N) is 4. The van der Waals surface area contributed by atoms with Crippen LogP contribution < -0.4 is 10.2 Å². The molecule has 2 N–H and O–H groups in total. The van der Waals surface area contributed by atoms with Gasteiger partial charge in [-0.15, -0.1) is 0 Å². The summed E-state index contributed by atoms with van der Waals surface area (Å²) in [7, 11) is 0. The van der Waals surface area contributed by atoms with Crippen LogP contribution in [0.3, 0.4) is 0 Å². The van der Waals surface area contributed by atoms with Gasteiger partial charge in [0.05, 0.1) is 10.6 Å². The molecule has 2 fully saturated rings. The number of rotatable bonds is 4. The number of thioether (sulfide) groups is 1. The van der Waals surface area contributed by atoms with Crippen LogP contribution in [-0.4, -0.2) is 62.4 Å². The second-order valence-corrected chi connectivity index (χ2v) is 9.16. The monoisotopic (exact) mass is 419 g/mol. The Morgan fingerprint density at radius 1 is 1.34 bits per heavy atom. The molecular formula is C19H25N5O4S. The summed E-state index contributed by atoms with van der Waals surface area (Å²) < 4.78 is 0. The number of imide groups is 1. The molecule has 3 heterocycles. The van der Waals surface area contributed by atoms with Crippen LogP contribution in [-0.2, 0) is 4.79 Å². The summed E-state index contributed by atoms with van der Waals surface area (Å²) in [5.41, 5.74) is 0.137. The van der Waals surface area contributed by atoms with Crippen molar-refractivity contribution in [3.05, 3.63) is 23.0 Å². The van der Waals surface area contributed by atoms with Gasteiger partial charge in [-0.25, -0.2) is 14.8 Å². The van der Waals surface area contributed by atoms with Crippen molar-refractivity contribution in [3.63, 3.8) is 0 Å². The first kappa shape index (κ1) is 21.1. The SMILES string of the molecule is CC(C)(C)N(CC1CCN(c2cc(C=C3SC(=O)NC3=O)ncn2)CC1)C(=O)O. The number of carbonyl (C=O) groups excluding carboxylic acids is 2. The van der Waals surface area contributed by atoms with E-state index in [1.54, 1.807) is 12.1 Å². The van der Waals surface area contributed by atoms with Crippen molar-refractivity contribution in [1.29, 1.82) is 0 Å². The van der Waals surface area contributed by atoms with Crippen LogP contribution in [0.25, 0.3) is 6.08 Å². The minimum atomic E-state index is -0.888. The number of piperidine rings is 1. The maximum absolute atomic E-state index is 11.7. The van der Waals surface area contributed by atoms with E-state index in [0.717, 1.165) is 43.5 Å². The smallest absolute Gasteiger partial charge is 0.407 e. The van der Waals surface area contributed by atoms with Gasteiger partial charge in [-0.3, -0.25) is 14.9 Å². The Labute approximate surface area is 173 Å². The average molecular weight is 420 g/mol. The Balaban J connectivity index is 1.63. The molecule has 0 radical (unpaired) electrons. The second kappa shape index (κ2) is 8.40. The van der Waals surface area contributed by atoms with E-state index in [0.29, 0.717) is 23.1 Å². The van der Waals surface area contributed by atoms with E-state index in [4.69, 9.17) is 0 Å². The Morgan fingerprint density at radius 2 is 2.03 bits per heavy atom. The van der Waals surface area contributed by atoms with E-state index < -0.39 is 17.5 Å². The molecule has 0 spiro atoms. The van der Waals surface area contributed by atoms with Gasteiger partial charge in [0.1, 0.15) is 12.1 Å². The van der Waals surface area contributed by atoms with E-state index in [1.807, 2.05) is 20.8 Å². The summed E-state index contributed by atoms with van der Waals surface area (Å²) in [5.74, 6) is 0.642. The Bertz CT molecular complexity index is 843. The molecule has 1 aromatic rings. The van der Waals surface area contributed by atoms with Gasteiger partial charge >= 0.3 is 6.09 Å². The van der Waals surface area contributed by atoms with Crippen molar-refractivity contribution in [2.45, 2.75) is 39.2 Å². The largest absolute Gasteiger partial charge is 0.465 e. The summed E-state index contributed by atoms with van der Waals surface area (Å²) in [6.07, 6.45) is 3.87. The zero-order valence-electron chi connectivity index (χ0n) is 16.7. The van der Waals surface area contributed by atoms with Crippen molar-refractivity contribution in [1.82, 2.24) is 20.2 Å². The molecule has 29 heavy (non-hydrogen) atoms. The number of nitrogens with one attached hydrogen (secondary N) is 1. The summed E-state index contributed by atoms with van der Waals surface area (Å²) >= 11 is 0.855. The van der Waals surface area contributed by atoms with E-state index in [9.17, 15) is 19.5 Å².